The molecule has 0 rings (SSSR count). The van der Waals surface area contributed by atoms with Crippen LogP contribution in [0.4, 0.5) is 4.79 Å². The van der Waals surface area contributed by atoms with Gasteiger partial charge in [0.2, 0.25) is 6.08 Å². The zero-order valence-corrected chi connectivity index (χ0v) is 11.7. The van der Waals surface area contributed by atoms with Crippen molar-refractivity contribution in [1.29, 1.82) is 0 Å². The third-order valence-corrected chi connectivity index (χ3v) is 2.62. The van der Waals surface area contributed by atoms with Crippen LogP contribution in [0.5, 0.6) is 0 Å². The highest BCUT2D eigenvalue weighted by Crippen LogP contribution is 2.20. The lowest BCUT2D eigenvalue weighted by Gasteiger charge is -2.35. The van der Waals surface area contributed by atoms with Crippen LogP contribution in [0.15, 0.2) is 4.99 Å². The van der Waals surface area contributed by atoms with E-state index in [9.17, 15) is 9.59 Å². The highest BCUT2D eigenvalue weighted by molar-refractivity contribution is 5.68. The Morgan fingerprint density at radius 1 is 1.29 bits per heavy atom. The molecule has 0 aliphatic rings. The summed E-state index contributed by atoms with van der Waals surface area (Å²) >= 11 is 0. The average molecular weight is 242 g/mol. The summed E-state index contributed by atoms with van der Waals surface area (Å²) in [6, 6.07) is -0.265. The van der Waals surface area contributed by atoms with Crippen LogP contribution in [0, 0.1) is 0 Å². The molecule has 5 nitrogen and oxygen atoms in total. The Balaban J connectivity index is 4.76. The van der Waals surface area contributed by atoms with Gasteiger partial charge in [-0.15, -0.1) is 0 Å². The van der Waals surface area contributed by atoms with Crippen LogP contribution in [0.1, 0.15) is 41.5 Å². The van der Waals surface area contributed by atoms with E-state index in [4.69, 9.17) is 4.74 Å². The Labute approximate surface area is 103 Å². The smallest absolute Gasteiger partial charge is 0.410 e. The molecule has 1 amide bonds. The molecule has 0 heterocycles. The van der Waals surface area contributed by atoms with Crippen molar-refractivity contribution in [3.05, 3.63) is 0 Å². The van der Waals surface area contributed by atoms with E-state index in [1.165, 1.54) is 11.0 Å². The molecular weight excluding hydrogens is 220 g/mol. The lowest BCUT2D eigenvalue weighted by molar-refractivity contribution is 0.0180. The molecular formula is C12H22N2O3. The van der Waals surface area contributed by atoms with Crippen molar-refractivity contribution < 1.29 is 14.3 Å². The summed E-state index contributed by atoms with van der Waals surface area (Å²) in [6.45, 7) is 10.8. The number of isocyanates is 1. The fourth-order valence-electron chi connectivity index (χ4n) is 1.18. The zero-order valence-electron chi connectivity index (χ0n) is 11.7. The highest BCUT2D eigenvalue weighted by atomic mass is 16.6. The van der Waals surface area contributed by atoms with Crippen molar-refractivity contribution in [2.75, 3.05) is 7.05 Å². The molecule has 0 saturated carbocycles. The van der Waals surface area contributed by atoms with Gasteiger partial charge in [0, 0.05) is 7.05 Å². The maximum Gasteiger partial charge on any atom is 0.410 e. The Hall–Kier alpha value is -1.35. The highest BCUT2D eigenvalue weighted by Gasteiger charge is 2.33. The van der Waals surface area contributed by atoms with Crippen LogP contribution in [0.2, 0.25) is 0 Å². The van der Waals surface area contributed by atoms with E-state index in [2.05, 4.69) is 4.99 Å². The van der Waals surface area contributed by atoms with E-state index in [0.717, 1.165) is 0 Å². The number of carbonyl (C=O) groups is 1. The Morgan fingerprint density at radius 3 is 2.12 bits per heavy atom. The van der Waals surface area contributed by atoms with Crippen molar-refractivity contribution in [2.45, 2.75) is 58.7 Å². The van der Waals surface area contributed by atoms with Gasteiger partial charge in [0.05, 0.1) is 11.6 Å². The first-order chi connectivity index (χ1) is 7.51. The van der Waals surface area contributed by atoms with Crippen LogP contribution in [0.25, 0.3) is 0 Å². The van der Waals surface area contributed by atoms with E-state index in [1.54, 1.807) is 41.7 Å². The lowest BCUT2D eigenvalue weighted by Crippen LogP contribution is -2.48. The fraction of sp³-hybridized carbons (Fsp3) is 0.833. The number of ether oxygens (including phenoxy) is 1. The van der Waals surface area contributed by atoms with Gasteiger partial charge in [0.25, 0.3) is 0 Å². The van der Waals surface area contributed by atoms with Gasteiger partial charge < -0.3 is 9.64 Å². The Kier molecular flexibility index (Phi) is 4.90. The van der Waals surface area contributed by atoms with E-state index in [1.807, 2.05) is 6.92 Å². The van der Waals surface area contributed by atoms with Gasteiger partial charge in [0.15, 0.2) is 0 Å². The number of rotatable bonds is 3. The summed E-state index contributed by atoms with van der Waals surface area (Å²) in [5, 5.41) is 0. The molecule has 5 heteroatoms. The molecule has 17 heavy (non-hydrogen) atoms. The summed E-state index contributed by atoms with van der Waals surface area (Å²) in [5.74, 6) is 0. The molecule has 0 aliphatic carbocycles. The van der Waals surface area contributed by atoms with Gasteiger partial charge in [-0.25, -0.2) is 9.59 Å². The first-order valence-electron chi connectivity index (χ1n) is 5.56. The van der Waals surface area contributed by atoms with Crippen molar-refractivity contribution in [1.82, 2.24) is 4.90 Å². The second-order valence-electron chi connectivity index (χ2n) is 5.62. The molecule has 0 fully saturated rings. The normalized spacial score (nSPS) is 13.6. The van der Waals surface area contributed by atoms with Crippen LogP contribution >= 0.6 is 0 Å². The molecule has 0 aromatic carbocycles. The van der Waals surface area contributed by atoms with Gasteiger partial charge in [-0.1, -0.05) is 0 Å². The number of amides is 1. The Bertz CT molecular complexity index is 325. The van der Waals surface area contributed by atoms with Gasteiger partial charge in [-0.2, -0.15) is 4.99 Å². The summed E-state index contributed by atoms with van der Waals surface area (Å²) in [4.78, 5) is 27.3. The zero-order chi connectivity index (χ0) is 13.9. The first kappa shape index (κ1) is 15.7. The standard InChI is InChI=1S/C12H22N2O3/c1-9(12(5,6)13-8-15)14(7)10(16)17-11(2,3)4/h9H,1-7H3. The van der Waals surface area contributed by atoms with Gasteiger partial charge in [-0.3, -0.25) is 0 Å². The monoisotopic (exact) mass is 242 g/mol. The second-order valence-corrected chi connectivity index (χ2v) is 5.62. The van der Waals surface area contributed by atoms with E-state index >= 15 is 0 Å². The molecule has 0 aromatic rings. The topological polar surface area (TPSA) is 59.0 Å². The number of nitrogens with zero attached hydrogens (tertiary/aromatic N) is 2. The van der Waals surface area contributed by atoms with Crippen molar-refractivity contribution >= 4 is 12.2 Å². The maximum atomic E-state index is 11.8. The quantitative estimate of drug-likeness (QED) is 0.564. The molecule has 1 unspecified atom stereocenters. The minimum atomic E-state index is -0.687. The number of carbonyl (C=O) groups excluding carboxylic acids is 2. The summed E-state index contributed by atoms with van der Waals surface area (Å²) < 4.78 is 5.24. The molecule has 0 saturated heterocycles. The van der Waals surface area contributed by atoms with Crippen molar-refractivity contribution in [3.8, 4) is 0 Å². The SMILES string of the molecule is CC(N(C)C(=O)OC(C)(C)C)C(C)(C)N=C=O. The van der Waals surface area contributed by atoms with Gasteiger partial charge >= 0.3 is 6.09 Å². The molecule has 0 aromatic heterocycles. The number of hydrogen-bond donors (Lipinski definition) is 0. The third kappa shape index (κ3) is 5.00. The first-order valence-corrected chi connectivity index (χ1v) is 5.56. The van der Waals surface area contributed by atoms with E-state index in [0.29, 0.717) is 0 Å². The minimum absolute atomic E-state index is 0.265. The molecule has 0 aliphatic heterocycles. The summed E-state index contributed by atoms with van der Waals surface area (Å²) in [7, 11) is 1.63. The Morgan fingerprint density at radius 2 is 1.76 bits per heavy atom. The summed E-state index contributed by atoms with van der Waals surface area (Å²) in [6.07, 6.45) is 1.10. The van der Waals surface area contributed by atoms with Gasteiger partial charge in [-0.05, 0) is 41.5 Å². The minimum Gasteiger partial charge on any atom is -0.444 e. The number of likely N-dealkylation sites (N-methyl/N-ethyl adjacent to an activating group) is 1. The van der Waals surface area contributed by atoms with Crippen LogP contribution in [0.3, 0.4) is 0 Å². The molecule has 0 radical (unpaired) electrons. The maximum absolute atomic E-state index is 11.8. The second kappa shape index (κ2) is 5.32. The van der Waals surface area contributed by atoms with E-state index < -0.39 is 17.2 Å². The average Bonchev–Trinajstić information content (AvgIpc) is 2.12. The van der Waals surface area contributed by atoms with Crippen LogP contribution in [-0.4, -0.2) is 41.3 Å². The van der Waals surface area contributed by atoms with E-state index in [-0.39, 0.29) is 6.04 Å². The third-order valence-electron chi connectivity index (χ3n) is 2.62. The predicted octanol–water partition coefficient (Wildman–Crippen LogP) is 2.36. The molecule has 0 spiro atoms. The van der Waals surface area contributed by atoms with Crippen LogP contribution in [-0.2, 0) is 9.53 Å². The van der Waals surface area contributed by atoms with Gasteiger partial charge in [0.1, 0.15) is 5.60 Å². The largest absolute Gasteiger partial charge is 0.444 e. The fourth-order valence-corrected chi connectivity index (χ4v) is 1.18. The molecule has 0 N–H and O–H groups in total. The van der Waals surface area contributed by atoms with Crippen molar-refractivity contribution in [2.24, 2.45) is 4.99 Å². The number of hydrogen-bond acceptors (Lipinski definition) is 4. The number of aliphatic imine (C=N–C) groups is 1. The lowest BCUT2D eigenvalue weighted by atomic mass is 9.96. The van der Waals surface area contributed by atoms with Crippen molar-refractivity contribution in [3.63, 3.8) is 0 Å². The summed E-state index contributed by atoms with van der Waals surface area (Å²) in [5.41, 5.74) is -1.23. The molecule has 98 valence electrons. The predicted molar refractivity (Wildman–Crippen MR) is 65.7 cm³/mol. The van der Waals surface area contributed by atoms with Crippen LogP contribution < -0.4 is 0 Å². The molecule has 0 bridgehead atoms. The molecule has 1 atom stereocenters.